The molecule has 0 aliphatic heterocycles. The molecule has 0 bridgehead atoms. The highest BCUT2D eigenvalue weighted by atomic mass is 15.2. The number of fused-ring (bicyclic) bond motifs is 1. The van der Waals surface area contributed by atoms with Gasteiger partial charge < -0.3 is 0 Å². The first kappa shape index (κ1) is 14.2. The Morgan fingerprint density at radius 1 is 1.09 bits per heavy atom. The number of para-hydroxylation sites is 1. The molecule has 0 atom stereocenters. The van der Waals surface area contributed by atoms with Crippen LogP contribution >= 0.6 is 0 Å². The normalized spacial score (nSPS) is 14.9. The number of hydrogen-bond donors (Lipinski definition) is 0. The van der Waals surface area contributed by atoms with E-state index in [2.05, 4.69) is 51.8 Å². The van der Waals surface area contributed by atoms with Crippen molar-refractivity contribution in [1.29, 1.82) is 0 Å². The van der Waals surface area contributed by atoms with Gasteiger partial charge in [0.2, 0.25) is 5.95 Å². The van der Waals surface area contributed by atoms with Crippen LogP contribution in [-0.2, 0) is 6.42 Å². The zero-order valence-corrected chi connectivity index (χ0v) is 13.5. The van der Waals surface area contributed by atoms with Gasteiger partial charge in [0.25, 0.3) is 0 Å². The quantitative estimate of drug-likeness (QED) is 0.686. The summed E-state index contributed by atoms with van der Waals surface area (Å²) in [5, 5.41) is 1.28. The van der Waals surface area contributed by atoms with Crippen LogP contribution in [0.15, 0.2) is 48.8 Å². The Morgan fingerprint density at radius 2 is 1.96 bits per heavy atom. The molecule has 0 saturated carbocycles. The molecule has 1 aliphatic carbocycles. The highest BCUT2D eigenvalue weighted by Gasteiger charge is 2.18. The number of allylic oxidation sites excluding steroid dienone is 2. The minimum atomic E-state index is 0.768. The maximum absolute atomic E-state index is 4.53. The highest BCUT2D eigenvalue weighted by molar-refractivity contribution is 5.89. The predicted molar refractivity (Wildman–Crippen MR) is 94.7 cm³/mol. The Bertz CT molecular complexity index is 859. The molecule has 1 aliphatic rings. The molecule has 0 amide bonds. The van der Waals surface area contributed by atoms with E-state index < -0.39 is 0 Å². The Balaban J connectivity index is 2.04. The molecule has 0 saturated heterocycles. The summed E-state index contributed by atoms with van der Waals surface area (Å²) >= 11 is 0. The first-order valence-electron chi connectivity index (χ1n) is 8.48. The first-order chi connectivity index (χ1) is 11.4. The van der Waals surface area contributed by atoms with E-state index in [0.29, 0.717) is 0 Å². The minimum Gasteiger partial charge on any atom is -0.278 e. The monoisotopic (exact) mass is 303 g/mol. The SMILES string of the molecule is CCc1cccc2cc(C3=CCCCC3)n(-c3ncccn3)c12. The fraction of sp³-hybridized carbons (Fsp3) is 0.300. The lowest BCUT2D eigenvalue weighted by atomic mass is 9.97. The number of benzene rings is 1. The molecule has 0 unspecified atom stereocenters. The summed E-state index contributed by atoms with van der Waals surface area (Å²) in [7, 11) is 0. The van der Waals surface area contributed by atoms with Gasteiger partial charge in [-0.25, -0.2) is 9.97 Å². The first-order valence-corrected chi connectivity index (χ1v) is 8.48. The van der Waals surface area contributed by atoms with Gasteiger partial charge in [0, 0.05) is 17.8 Å². The molecule has 2 aromatic heterocycles. The Labute approximate surface area is 136 Å². The van der Waals surface area contributed by atoms with Gasteiger partial charge in [-0.1, -0.05) is 31.2 Å². The van der Waals surface area contributed by atoms with Crippen molar-refractivity contribution in [2.24, 2.45) is 0 Å². The van der Waals surface area contributed by atoms with Gasteiger partial charge >= 0.3 is 0 Å². The average molecular weight is 303 g/mol. The van der Waals surface area contributed by atoms with Crippen LogP contribution in [0.5, 0.6) is 0 Å². The molecular formula is C20H21N3. The summed E-state index contributed by atoms with van der Waals surface area (Å²) in [5.41, 5.74) is 5.29. The van der Waals surface area contributed by atoms with Crippen molar-refractivity contribution in [3.8, 4) is 5.95 Å². The van der Waals surface area contributed by atoms with Crippen molar-refractivity contribution in [1.82, 2.24) is 14.5 Å². The summed E-state index contributed by atoms with van der Waals surface area (Å²) in [6.45, 7) is 2.21. The summed E-state index contributed by atoms with van der Waals surface area (Å²) < 4.78 is 2.26. The molecule has 1 aromatic carbocycles. The van der Waals surface area contributed by atoms with Crippen LogP contribution < -0.4 is 0 Å². The highest BCUT2D eigenvalue weighted by Crippen LogP contribution is 2.34. The fourth-order valence-electron chi connectivity index (χ4n) is 3.54. The fourth-order valence-corrected chi connectivity index (χ4v) is 3.54. The van der Waals surface area contributed by atoms with E-state index in [0.717, 1.165) is 18.8 Å². The summed E-state index contributed by atoms with van der Waals surface area (Å²) in [6, 6.07) is 10.7. The second-order valence-electron chi connectivity index (χ2n) is 6.10. The van der Waals surface area contributed by atoms with E-state index in [1.807, 2.05) is 18.5 Å². The van der Waals surface area contributed by atoms with Gasteiger partial charge in [-0.3, -0.25) is 4.57 Å². The van der Waals surface area contributed by atoms with Crippen LogP contribution in [0.1, 0.15) is 43.9 Å². The van der Waals surface area contributed by atoms with Crippen molar-refractivity contribution in [2.45, 2.75) is 39.0 Å². The molecule has 23 heavy (non-hydrogen) atoms. The predicted octanol–water partition coefficient (Wildman–Crippen LogP) is 4.94. The van der Waals surface area contributed by atoms with Crippen LogP contribution in [0, 0.1) is 0 Å². The maximum atomic E-state index is 4.53. The Morgan fingerprint density at radius 3 is 2.70 bits per heavy atom. The molecular weight excluding hydrogens is 282 g/mol. The summed E-state index contributed by atoms with van der Waals surface area (Å²) in [5.74, 6) is 0.768. The number of nitrogens with zero attached hydrogens (tertiary/aromatic N) is 3. The number of aromatic nitrogens is 3. The molecule has 3 nitrogen and oxygen atoms in total. The molecule has 0 fully saturated rings. The van der Waals surface area contributed by atoms with E-state index in [1.54, 1.807) is 0 Å². The van der Waals surface area contributed by atoms with Crippen LogP contribution in [0.2, 0.25) is 0 Å². The Hall–Kier alpha value is -2.42. The zero-order chi connectivity index (χ0) is 15.6. The number of aryl methyl sites for hydroxylation is 1. The number of rotatable bonds is 3. The smallest absolute Gasteiger partial charge is 0.234 e. The van der Waals surface area contributed by atoms with Crippen molar-refractivity contribution in [3.63, 3.8) is 0 Å². The largest absolute Gasteiger partial charge is 0.278 e. The molecule has 0 N–H and O–H groups in total. The van der Waals surface area contributed by atoms with Gasteiger partial charge in [0.1, 0.15) is 0 Å². The third kappa shape index (κ3) is 2.46. The summed E-state index contributed by atoms with van der Waals surface area (Å²) in [4.78, 5) is 9.05. The van der Waals surface area contributed by atoms with Gasteiger partial charge in [0.15, 0.2) is 0 Å². The van der Waals surface area contributed by atoms with Crippen molar-refractivity contribution < 1.29 is 0 Å². The standard InChI is InChI=1S/C20H21N3/c1-2-15-10-6-11-17-14-18(16-8-4-3-5-9-16)23(19(15)17)20-21-12-7-13-22-20/h6-8,10-14H,2-5,9H2,1H3. The third-order valence-corrected chi connectivity index (χ3v) is 4.66. The van der Waals surface area contributed by atoms with Crippen LogP contribution in [-0.4, -0.2) is 14.5 Å². The zero-order valence-electron chi connectivity index (χ0n) is 13.5. The number of hydrogen-bond acceptors (Lipinski definition) is 2. The molecule has 0 radical (unpaired) electrons. The third-order valence-electron chi connectivity index (χ3n) is 4.66. The molecule has 116 valence electrons. The van der Waals surface area contributed by atoms with Crippen LogP contribution in [0.4, 0.5) is 0 Å². The topological polar surface area (TPSA) is 30.7 Å². The lowest BCUT2D eigenvalue weighted by Gasteiger charge is -2.16. The maximum Gasteiger partial charge on any atom is 0.234 e. The van der Waals surface area contributed by atoms with E-state index in [4.69, 9.17) is 0 Å². The van der Waals surface area contributed by atoms with E-state index in [1.165, 1.54) is 47.0 Å². The lowest BCUT2D eigenvalue weighted by Crippen LogP contribution is -2.06. The van der Waals surface area contributed by atoms with Crippen molar-refractivity contribution in [2.75, 3.05) is 0 Å². The van der Waals surface area contributed by atoms with E-state index >= 15 is 0 Å². The van der Waals surface area contributed by atoms with Gasteiger partial charge in [-0.15, -0.1) is 0 Å². The Kier molecular flexibility index (Phi) is 3.70. The lowest BCUT2D eigenvalue weighted by molar-refractivity contribution is 0.737. The van der Waals surface area contributed by atoms with E-state index in [9.17, 15) is 0 Å². The molecule has 3 aromatic rings. The molecule has 2 heterocycles. The molecule has 0 spiro atoms. The average Bonchev–Trinajstić information content (AvgIpc) is 3.03. The molecule has 4 rings (SSSR count). The van der Waals surface area contributed by atoms with E-state index in [-0.39, 0.29) is 0 Å². The van der Waals surface area contributed by atoms with Crippen LogP contribution in [0.25, 0.3) is 22.4 Å². The van der Waals surface area contributed by atoms with Crippen LogP contribution in [0.3, 0.4) is 0 Å². The van der Waals surface area contributed by atoms with Gasteiger partial charge in [0.05, 0.1) is 11.2 Å². The summed E-state index contributed by atoms with van der Waals surface area (Å²) in [6.07, 6.45) is 11.9. The minimum absolute atomic E-state index is 0.768. The van der Waals surface area contributed by atoms with Gasteiger partial charge in [-0.05, 0) is 55.4 Å². The van der Waals surface area contributed by atoms with Crippen molar-refractivity contribution >= 4 is 16.5 Å². The van der Waals surface area contributed by atoms with Gasteiger partial charge in [-0.2, -0.15) is 0 Å². The molecule has 3 heteroatoms. The second-order valence-corrected chi connectivity index (χ2v) is 6.10. The van der Waals surface area contributed by atoms with Crippen molar-refractivity contribution in [3.05, 3.63) is 60.1 Å². The second kappa shape index (κ2) is 5.99.